The topological polar surface area (TPSA) is 115 Å². The van der Waals surface area contributed by atoms with Crippen molar-refractivity contribution in [3.8, 4) is 22.9 Å². The van der Waals surface area contributed by atoms with Gasteiger partial charge in [-0.25, -0.2) is 9.97 Å². The number of aryl methyl sites for hydroxylation is 1. The van der Waals surface area contributed by atoms with E-state index in [1.165, 1.54) is 23.0 Å². The summed E-state index contributed by atoms with van der Waals surface area (Å²) in [7, 11) is 0. The number of ether oxygens (including phenoxy) is 2. The van der Waals surface area contributed by atoms with Crippen LogP contribution in [-0.2, 0) is 15.7 Å². The number of piperazine rings is 1. The second-order valence-corrected chi connectivity index (χ2v) is 9.90. The number of hydrogen-bond donors (Lipinski definition) is 0. The van der Waals surface area contributed by atoms with Crippen molar-refractivity contribution in [3.63, 3.8) is 0 Å². The van der Waals surface area contributed by atoms with Crippen LogP contribution in [0.25, 0.3) is 16.9 Å². The molecule has 0 saturated carbocycles. The number of hydrogen-bond acceptors (Lipinski definition) is 8. The average Bonchev–Trinajstić information content (AvgIpc) is 3.73. The number of aromatic nitrogens is 4. The third-order valence-electron chi connectivity index (χ3n) is 7.31. The molecule has 0 aliphatic carbocycles. The minimum atomic E-state index is -4.70. The first-order valence-electron chi connectivity index (χ1n) is 13.0. The molecule has 0 bridgehead atoms. The third kappa shape index (κ3) is 5.10. The molecule has 0 spiro atoms. The van der Waals surface area contributed by atoms with Crippen LogP contribution in [0.15, 0.2) is 47.6 Å². The Balaban J connectivity index is 1.16. The van der Waals surface area contributed by atoms with E-state index < -0.39 is 11.9 Å². The third-order valence-corrected chi connectivity index (χ3v) is 7.31. The lowest BCUT2D eigenvalue weighted by Crippen LogP contribution is -2.52. The fraction of sp³-hybridized carbons (Fsp3) is 0.370. The zero-order valence-corrected chi connectivity index (χ0v) is 21.9. The molecule has 0 radical (unpaired) electrons. The van der Waals surface area contributed by atoms with Gasteiger partial charge < -0.3 is 23.8 Å². The number of carbonyl (C=O) groups excluding carboxylic acids is 2. The maximum absolute atomic E-state index is 13.4. The van der Waals surface area contributed by atoms with E-state index in [9.17, 15) is 22.8 Å². The Labute approximate surface area is 231 Å². The lowest BCUT2D eigenvalue weighted by molar-refractivity contribution is -0.142. The van der Waals surface area contributed by atoms with Gasteiger partial charge in [-0.15, -0.1) is 0 Å². The first-order chi connectivity index (χ1) is 19.7. The molecular formula is C27H25F3N6O5. The van der Waals surface area contributed by atoms with Gasteiger partial charge in [-0.2, -0.15) is 13.2 Å². The van der Waals surface area contributed by atoms with Crippen LogP contribution >= 0.6 is 0 Å². The first kappa shape index (κ1) is 26.7. The van der Waals surface area contributed by atoms with E-state index in [-0.39, 0.29) is 40.5 Å². The molecule has 41 heavy (non-hydrogen) atoms. The number of fused-ring (bicyclic) bond motifs is 1. The summed E-state index contributed by atoms with van der Waals surface area (Å²) < 4.78 is 57.3. The highest BCUT2D eigenvalue weighted by Gasteiger charge is 2.39. The first-order valence-corrected chi connectivity index (χ1v) is 13.0. The molecule has 2 aliphatic rings. The quantitative estimate of drug-likeness (QED) is 0.356. The standard InChI is InChI=1S/C27H25F3N6O5/c1-16-12-18(2-3-19(16)26(38)35-9-7-34(8-10-35)25(37)17-4-11-39-14-17)41-24-23-32-13-21(36(23)6-5-31-24)20-15-40-33-22(20)27(28,29)30/h2-3,5-6,12-13,15,17H,4,7-11,14H2,1H3/t17-/m0/s1. The van der Waals surface area contributed by atoms with E-state index in [0.29, 0.717) is 56.3 Å². The Hall–Kier alpha value is -4.46. The molecule has 3 aromatic heterocycles. The number of benzene rings is 1. The highest BCUT2D eigenvalue weighted by molar-refractivity contribution is 5.96. The molecule has 11 nitrogen and oxygen atoms in total. The van der Waals surface area contributed by atoms with Crippen LogP contribution in [0.3, 0.4) is 0 Å². The largest absolute Gasteiger partial charge is 0.437 e. The van der Waals surface area contributed by atoms with Crippen molar-refractivity contribution in [3.05, 3.63) is 59.9 Å². The normalized spacial score (nSPS) is 17.8. The predicted octanol–water partition coefficient (Wildman–Crippen LogP) is 3.82. The summed E-state index contributed by atoms with van der Waals surface area (Å²) in [6.07, 6.45) is 1.04. The van der Waals surface area contributed by atoms with Gasteiger partial charge in [0.05, 0.1) is 30.0 Å². The number of halogens is 3. The second kappa shape index (κ2) is 10.5. The van der Waals surface area contributed by atoms with Crippen molar-refractivity contribution in [1.29, 1.82) is 0 Å². The Morgan fingerprint density at radius 3 is 2.59 bits per heavy atom. The number of carbonyl (C=O) groups is 2. The molecule has 6 rings (SSSR count). The van der Waals surface area contributed by atoms with Gasteiger partial charge >= 0.3 is 6.18 Å². The average molecular weight is 571 g/mol. The summed E-state index contributed by atoms with van der Waals surface area (Å²) in [6.45, 7) is 4.67. The Morgan fingerprint density at radius 1 is 1.10 bits per heavy atom. The Bertz CT molecular complexity index is 1600. The molecule has 4 aromatic rings. The summed E-state index contributed by atoms with van der Waals surface area (Å²) in [5.74, 6) is 0.288. The van der Waals surface area contributed by atoms with Crippen LogP contribution in [0.5, 0.6) is 11.6 Å². The van der Waals surface area contributed by atoms with Gasteiger partial charge in [-0.1, -0.05) is 5.16 Å². The summed E-state index contributed by atoms with van der Waals surface area (Å²) in [6, 6.07) is 4.96. The van der Waals surface area contributed by atoms with E-state index in [2.05, 4.69) is 19.6 Å². The number of imidazole rings is 1. The zero-order valence-electron chi connectivity index (χ0n) is 21.9. The molecule has 0 unspecified atom stereocenters. The van der Waals surface area contributed by atoms with Crippen LogP contribution in [0.1, 0.15) is 28.0 Å². The Morgan fingerprint density at radius 2 is 1.88 bits per heavy atom. The van der Waals surface area contributed by atoms with Crippen molar-refractivity contribution in [1.82, 2.24) is 29.3 Å². The van der Waals surface area contributed by atoms with Crippen LogP contribution in [0.4, 0.5) is 13.2 Å². The van der Waals surface area contributed by atoms with Crippen LogP contribution in [0.2, 0.25) is 0 Å². The summed E-state index contributed by atoms with van der Waals surface area (Å²) in [4.78, 5) is 37.8. The smallest absolute Gasteiger partial charge is 0.436 e. The molecular weight excluding hydrogens is 545 g/mol. The highest BCUT2D eigenvalue weighted by atomic mass is 19.4. The summed E-state index contributed by atoms with van der Waals surface area (Å²) >= 11 is 0. The van der Waals surface area contributed by atoms with Gasteiger partial charge in [0.15, 0.2) is 5.69 Å². The molecule has 2 amide bonds. The molecule has 14 heteroatoms. The van der Waals surface area contributed by atoms with Crippen molar-refractivity contribution in [2.24, 2.45) is 5.92 Å². The molecule has 1 atom stereocenters. The van der Waals surface area contributed by atoms with Crippen LogP contribution < -0.4 is 4.74 Å². The Kier molecular flexibility index (Phi) is 6.85. The van der Waals surface area contributed by atoms with Gasteiger partial charge in [0, 0.05) is 50.7 Å². The molecule has 2 saturated heterocycles. The summed E-state index contributed by atoms with van der Waals surface area (Å²) in [5, 5.41) is 3.09. The predicted molar refractivity (Wildman–Crippen MR) is 136 cm³/mol. The highest BCUT2D eigenvalue weighted by Crippen LogP contribution is 2.37. The van der Waals surface area contributed by atoms with E-state index in [0.717, 1.165) is 12.7 Å². The zero-order chi connectivity index (χ0) is 28.7. The van der Waals surface area contributed by atoms with Crippen LogP contribution in [0, 0.1) is 12.8 Å². The van der Waals surface area contributed by atoms with Crippen LogP contribution in [-0.4, -0.2) is 80.5 Å². The lowest BCUT2D eigenvalue weighted by Gasteiger charge is -2.36. The number of nitrogens with zero attached hydrogens (tertiary/aromatic N) is 6. The molecule has 2 aliphatic heterocycles. The minimum absolute atomic E-state index is 0.0655. The van der Waals surface area contributed by atoms with Crippen molar-refractivity contribution < 1.29 is 36.8 Å². The molecule has 214 valence electrons. The number of rotatable bonds is 5. The van der Waals surface area contributed by atoms with Gasteiger partial charge in [0.2, 0.25) is 11.6 Å². The monoisotopic (exact) mass is 570 g/mol. The van der Waals surface area contributed by atoms with E-state index >= 15 is 0 Å². The van der Waals surface area contributed by atoms with Crippen molar-refractivity contribution in [2.45, 2.75) is 19.5 Å². The molecule has 2 fully saturated rings. The second-order valence-electron chi connectivity index (χ2n) is 9.90. The van der Waals surface area contributed by atoms with E-state index in [1.54, 1.807) is 34.9 Å². The van der Waals surface area contributed by atoms with Gasteiger partial charge in [-0.3, -0.25) is 14.0 Å². The van der Waals surface area contributed by atoms with E-state index in [4.69, 9.17) is 9.47 Å². The van der Waals surface area contributed by atoms with E-state index in [1.807, 2.05) is 0 Å². The van der Waals surface area contributed by atoms with Gasteiger partial charge in [0.1, 0.15) is 12.0 Å². The maximum atomic E-state index is 13.4. The minimum Gasteiger partial charge on any atom is -0.436 e. The fourth-order valence-electron chi connectivity index (χ4n) is 5.13. The van der Waals surface area contributed by atoms with Crippen molar-refractivity contribution >= 4 is 17.5 Å². The molecule has 5 heterocycles. The number of alkyl halides is 3. The van der Waals surface area contributed by atoms with Gasteiger partial charge in [-0.05, 0) is 37.1 Å². The van der Waals surface area contributed by atoms with Gasteiger partial charge in [0.25, 0.3) is 11.8 Å². The summed E-state index contributed by atoms with van der Waals surface area (Å²) in [5.41, 5.74) is 0.0409. The molecule has 1 aromatic carbocycles. The molecule has 0 N–H and O–H groups in total. The SMILES string of the molecule is Cc1cc(Oc2nccn3c(-c4conc4C(F)(F)F)cnc23)ccc1C(=O)N1CCN(C(=O)[C@H]2CCOC2)CC1. The lowest BCUT2D eigenvalue weighted by atomic mass is 10.1. The number of amides is 2. The fourth-order valence-corrected chi connectivity index (χ4v) is 5.13. The maximum Gasteiger partial charge on any atom is 0.437 e. The van der Waals surface area contributed by atoms with Crippen molar-refractivity contribution in [2.75, 3.05) is 39.4 Å².